The van der Waals surface area contributed by atoms with Crippen LogP contribution in [0.5, 0.6) is 5.75 Å². The van der Waals surface area contributed by atoms with Crippen LogP contribution in [-0.2, 0) is 16.1 Å². The number of ether oxygens (including phenoxy) is 1. The van der Waals surface area contributed by atoms with Crippen LogP contribution in [0.4, 0.5) is 0 Å². The fourth-order valence-corrected chi connectivity index (χ4v) is 2.61. The van der Waals surface area contributed by atoms with E-state index < -0.39 is 18.5 Å². The first-order chi connectivity index (χ1) is 12.5. The van der Waals surface area contributed by atoms with Gasteiger partial charge in [0.05, 0.1) is 0 Å². The van der Waals surface area contributed by atoms with Crippen molar-refractivity contribution in [2.24, 2.45) is 0 Å². The lowest BCUT2D eigenvalue weighted by atomic mass is 10.1. The molecule has 3 aromatic carbocycles. The van der Waals surface area contributed by atoms with Crippen molar-refractivity contribution in [3.05, 3.63) is 76.8 Å². The summed E-state index contributed by atoms with van der Waals surface area (Å²) in [6, 6.07) is 17.4. The first kappa shape index (κ1) is 17.8. The molecule has 0 aliphatic rings. The maximum Gasteiger partial charge on any atom is 0.342 e. The van der Waals surface area contributed by atoms with Crippen LogP contribution in [0.1, 0.15) is 15.9 Å². The number of carbonyl (C=O) groups is 2. The zero-order valence-electron chi connectivity index (χ0n) is 13.7. The van der Waals surface area contributed by atoms with Crippen molar-refractivity contribution in [1.82, 2.24) is 5.32 Å². The highest BCUT2D eigenvalue weighted by atomic mass is 35.5. The van der Waals surface area contributed by atoms with Crippen molar-refractivity contribution in [3.63, 3.8) is 0 Å². The number of halogens is 1. The molecule has 2 N–H and O–H groups in total. The molecule has 6 heteroatoms. The van der Waals surface area contributed by atoms with E-state index in [0.29, 0.717) is 17.0 Å². The van der Waals surface area contributed by atoms with Crippen LogP contribution in [0.2, 0.25) is 5.02 Å². The van der Waals surface area contributed by atoms with Gasteiger partial charge in [-0.1, -0.05) is 54.1 Å². The maximum atomic E-state index is 12.1. The molecule has 5 nitrogen and oxygen atoms in total. The molecule has 3 rings (SSSR count). The molecule has 1 amide bonds. The average Bonchev–Trinajstić information content (AvgIpc) is 2.66. The fourth-order valence-electron chi connectivity index (χ4n) is 2.48. The van der Waals surface area contributed by atoms with E-state index in [-0.39, 0.29) is 11.3 Å². The smallest absolute Gasteiger partial charge is 0.342 e. The van der Waals surface area contributed by atoms with E-state index in [1.807, 2.05) is 12.1 Å². The minimum absolute atomic E-state index is 0.0224. The van der Waals surface area contributed by atoms with Gasteiger partial charge in [-0.15, -0.1) is 0 Å². The van der Waals surface area contributed by atoms with Gasteiger partial charge in [-0.25, -0.2) is 4.79 Å². The van der Waals surface area contributed by atoms with E-state index in [2.05, 4.69) is 5.32 Å². The lowest BCUT2D eigenvalue weighted by Gasteiger charge is -2.09. The summed E-state index contributed by atoms with van der Waals surface area (Å²) in [5, 5.41) is 14.9. The summed E-state index contributed by atoms with van der Waals surface area (Å²) >= 11 is 5.80. The summed E-state index contributed by atoms with van der Waals surface area (Å²) < 4.78 is 5.00. The van der Waals surface area contributed by atoms with Gasteiger partial charge in [-0.05, 0) is 29.1 Å². The van der Waals surface area contributed by atoms with Crippen LogP contribution in [-0.4, -0.2) is 23.6 Å². The summed E-state index contributed by atoms with van der Waals surface area (Å²) in [6.45, 7) is -0.131. The third-order valence-corrected chi connectivity index (χ3v) is 4.11. The number of phenols is 1. The summed E-state index contributed by atoms with van der Waals surface area (Å²) in [4.78, 5) is 24.0. The number of amides is 1. The van der Waals surface area contributed by atoms with Gasteiger partial charge in [-0.3, -0.25) is 4.79 Å². The Balaban J connectivity index is 1.57. The number of fused-ring (bicyclic) bond motifs is 1. The first-order valence-electron chi connectivity index (χ1n) is 7.93. The van der Waals surface area contributed by atoms with Crippen molar-refractivity contribution in [1.29, 1.82) is 0 Å². The van der Waals surface area contributed by atoms with Gasteiger partial charge in [0.15, 0.2) is 6.61 Å². The summed E-state index contributed by atoms with van der Waals surface area (Å²) in [5.74, 6) is -1.35. The van der Waals surface area contributed by atoms with Crippen molar-refractivity contribution in [2.75, 3.05) is 6.61 Å². The van der Waals surface area contributed by atoms with E-state index >= 15 is 0 Å². The second kappa shape index (κ2) is 7.89. The monoisotopic (exact) mass is 369 g/mol. The van der Waals surface area contributed by atoms with Crippen LogP contribution < -0.4 is 5.32 Å². The van der Waals surface area contributed by atoms with Gasteiger partial charge in [-0.2, -0.15) is 0 Å². The van der Waals surface area contributed by atoms with E-state index in [1.165, 1.54) is 6.07 Å². The molecule has 0 atom stereocenters. The van der Waals surface area contributed by atoms with Gasteiger partial charge < -0.3 is 15.2 Å². The van der Waals surface area contributed by atoms with E-state index in [4.69, 9.17) is 16.3 Å². The minimum atomic E-state index is -0.755. The lowest BCUT2D eigenvalue weighted by Crippen LogP contribution is -2.28. The number of carbonyl (C=O) groups excluding carboxylic acids is 2. The van der Waals surface area contributed by atoms with Gasteiger partial charge >= 0.3 is 5.97 Å². The van der Waals surface area contributed by atoms with Gasteiger partial charge in [0.25, 0.3) is 5.91 Å². The number of aromatic hydroxyl groups is 1. The molecule has 0 saturated carbocycles. The fraction of sp³-hybridized carbons (Fsp3) is 0.100. The predicted octanol–water partition coefficient (Wildman–Crippen LogP) is 3.67. The predicted molar refractivity (Wildman–Crippen MR) is 99.2 cm³/mol. The molecule has 0 unspecified atom stereocenters. The Hall–Kier alpha value is -3.05. The van der Waals surface area contributed by atoms with Crippen molar-refractivity contribution in [3.8, 4) is 5.75 Å². The molecule has 132 valence electrons. The summed E-state index contributed by atoms with van der Waals surface area (Å²) in [7, 11) is 0. The normalized spacial score (nSPS) is 10.5. The highest BCUT2D eigenvalue weighted by Gasteiger charge is 2.16. The third kappa shape index (κ3) is 4.13. The SMILES string of the molecule is O=C(COC(=O)c1ccc2ccccc2c1O)NCc1ccc(Cl)cc1. The quantitative estimate of drug-likeness (QED) is 0.673. The number of benzene rings is 3. The summed E-state index contributed by atoms with van der Waals surface area (Å²) in [6.07, 6.45) is 0. The second-order valence-electron chi connectivity index (χ2n) is 5.66. The van der Waals surface area contributed by atoms with Crippen LogP contribution in [0.3, 0.4) is 0 Å². The van der Waals surface area contributed by atoms with Crippen LogP contribution in [0.25, 0.3) is 10.8 Å². The molecule has 0 bridgehead atoms. The molecule has 0 heterocycles. The van der Waals surface area contributed by atoms with Crippen molar-refractivity contribution in [2.45, 2.75) is 6.54 Å². The Bertz CT molecular complexity index is 954. The molecule has 0 aliphatic carbocycles. The molecular weight excluding hydrogens is 354 g/mol. The molecule has 0 aliphatic heterocycles. The standard InChI is InChI=1S/C20H16ClNO4/c21-15-8-5-13(6-9-15)11-22-18(23)12-26-20(25)17-10-7-14-3-1-2-4-16(14)19(17)24/h1-10,24H,11-12H2,(H,22,23). The van der Waals surface area contributed by atoms with Crippen LogP contribution >= 0.6 is 11.6 Å². The Labute approximate surface area is 155 Å². The minimum Gasteiger partial charge on any atom is -0.506 e. The van der Waals surface area contributed by atoms with Crippen LogP contribution in [0.15, 0.2) is 60.7 Å². The van der Waals surface area contributed by atoms with Gasteiger partial charge in [0, 0.05) is 17.0 Å². The second-order valence-corrected chi connectivity index (χ2v) is 6.10. The number of esters is 1. The topological polar surface area (TPSA) is 75.6 Å². The number of rotatable bonds is 5. The largest absolute Gasteiger partial charge is 0.506 e. The molecule has 0 spiro atoms. The lowest BCUT2D eigenvalue weighted by molar-refractivity contribution is -0.124. The molecule has 0 fully saturated rings. The Kier molecular flexibility index (Phi) is 5.39. The third-order valence-electron chi connectivity index (χ3n) is 3.86. The maximum absolute atomic E-state index is 12.1. The van der Waals surface area contributed by atoms with Gasteiger partial charge in [0.2, 0.25) is 0 Å². The molecule has 0 radical (unpaired) electrons. The highest BCUT2D eigenvalue weighted by Crippen LogP contribution is 2.28. The Morgan fingerprint density at radius 2 is 1.73 bits per heavy atom. The van der Waals surface area contributed by atoms with Crippen molar-refractivity contribution >= 4 is 34.2 Å². The highest BCUT2D eigenvalue weighted by molar-refractivity contribution is 6.30. The zero-order chi connectivity index (χ0) is 18.5. The van der Waals surface area contributed by atoms with Crippen LogP contribution in [0, 0.1) is 0 Å². The molecule has 3 aromatic rings. The van der Waals surface area contributed by atoms with E-state index in [0.717, 1.165) is 10.9 Å². The number of hydrogen-bond donors (Lipinski definition) is 2. The van der Waals surface area contributed by atoms with E-state index in [9.17, 15) is 14.7 Å². The molecule has 0 aromatic heterocycles. The average molecular weight is 370 g/mol. The van der Waals surface area contributed by atoms with Crippen molar-refractivity contribution < 1.29 is 19.4 Å². The Morgan fingerprint density at radius 1 is 1.00 bits per heavy atom. The van der Waals surface area contributed by atoms with Gasteiger partial charge in [0.1, 0.15) is 11.3 Å². The Morgan fingerprint density at radius 3 is 2.50 bits per heavy atom. The molecule has 26 heavy (non-hydrogen) atoms. The number of nitrogens with one attached hydrogen (secondary N) is 1. The molecule has 0 saturated heterocycles. The summed E-state index contributed by atoms with van der Waals surface area (Å²) in [5.41, 5.74) is 0.899. The zero-order valence-corrected chi connectivity index (χ0v) is 14.5. The first-order valence-corrected chi connectivity index (χ1v) is 8.31. The number of hydrogen-bond acceptors (Lipinski definition) is 4. The number of phenolic OH excluding ortho intramolecular Hbond substituents is 1. The van der Waals surface area contributed by atoms with E-state index in [1.54, 1.807) is 42.5 Å². The molecular formula is C20H16ClNO4.